The molecule has 1 unspecified atom stereocenters. The third kappa shape index (κ3) is 2.95. The van der Waals surface area contributed by atoms with Crippen molar-refractivity contribution in [2.45, 2.75) is 33.2 Å². The van der Waals surface area contributed by atoms with Gasteiger partial charge < -0.3 is 10.2 Å². The van der Waals surface area contributed by atoms with Gasteiger partial charge in [-0.25, -0.2) is 4.79 Å². The van der Waals surface area contributed by atoms with Crippen LogP contribution in [0.25, 0.3) is 0 Å². The normalized spacial score (nSPS) is 15.7. The summed E-state index contributed by atoms with van der Waals surface area (Å²) in [6, 6.07) is 5.42. The second-order valence-electron chi connectivity index (χ2n) is 5.30. The summed E-state index contributed by atoms with van der Waals surface area (Å²) in [5.74, 6) is 0.586. The quantitative estimate of drug-likeness (QED) is 0.844. The molecule has 1 aromatic rings. The Balaban J connectivity index is 2.19. The van der Waals surface area contributed by atoms with E-state index < -0.39 is 0 Å². The number of ketones is 1. The van der Waals surface area contributed by atoms with Crippen molar-refractivity contribution < 1.29 is 9.59 Å². The zero-order valence-corrected chi connectivity index (χ0v) is 11.7. The van der Waals surface area contributed by atoms with Crippen LogP contribution in [-0.2, 0) is 6.54 Å². The van der Waals surface area contributed by atoms with Crippen LogP contribution in [-0.4, -0.2) is 23.8 Å². The number of amides is 2. The highest BCUT2D eigenvalue weighted by Crippen LogP contribution is 2.24. The van der Waals surface area contributed by atoms with Gasteiger partial charge in [-0.3, -0.25) is 4.79 Å². The summed E-state index contributed by atoms with van der Waals surface area (Å²) in [7, 11) is 1.74. The average molecular weight is 260 g/mol. The monoisotopic (exact) mass is 260 g/mol. The van der Waals surface area contributed by atoms with E-state index in [1.165, 1.54) is 0 Å². The molecule has 0 saturated carbocycles. The Kier molecular flexibility index (Phi) is 3.88. The molecule has 19 heavy (non-hydrogen) atoms. The van der Waals surface area contributed by atoms with E-state index in [1.54, 1.807) is 18.0 Å². The van der Waals surface area contributed by atoms with Crippen molar-refractivity contribution >= 4 is 17.5 Å². The Morgan fingerprint density at radius 2 is 2.21 bits per heavy atom. The van der Waals surface area contributed by atoms with Gasteiger partial charge in [0, 0.05) is 31.3 Å². The highest BCUT2D eigenvalue weighted by Gasteiger charge is 2.20. The lowest BCUT2D eigenvalue weighted by molar-refractivity contribution is 0.0963. The first-order valence-electron chi connectivity index (χ1n) is 6.69. The minimum Gasteiger partial charge on any atom is -0.323 e. The fourth-order valence-electron chi connectivity index (χ4n) is 2.14. The fourth-order valence-corrected chi connectivity index (χ4v) is 2.14. The maximum Gasteiger partial charge on any atom is 0.321 e. The zero-order chi connectivity index (χ0) is 14.0. The Morgan fingerprint density at radius 1 is 1.47 bits per heavy atom. The molecule has 0 fully saturated rings. The Bertz CT molecular complexity index is 511. The van der Waals surface area contributed by atoms with Gasteiger partial charge in [-0.1, -0.05) is 20.3 Å². The lowest BCUT2D eigenvalue weighted by atomic mass is 9.96. The number of urea groups is 1. The molecule has 4 heteroatoms. The summed E-state index contributed by atoms with van der Waals surface area (Å²) < 4.78 is 0. The van der Waals surface area contributed by atoms with E-state index in [0.717, 1.165) is 23.2 Å². The van der Waals surface area contributed by atoms with Crippen molar-refractivity contribution in [1.29, 1.82) is 0 Å². The minimum absolute atomic E-state index is 0.105. The summed E-state index contributed by atoms with van der Waals surface area (Å²) in [5, 5.41) is 2.80. The molecule has 4 nitrogen and oxygen atoms in total. The molecule has 0 saturated heterocycles. The lowest BCUT2D eigenvalue weighted by Gasteiger charge is -2.26. The highest BCUT2D eigenvalue weighted by molar-refractivity contribution is 5.98. The molecular formula is C15H20N2O2. The van der Waals surface area contributed by atoms with Gasteiger partial charge in [-0.05, 0) is 29.7 Å². The first-order valence-corrected chi connectivity index (χ1v) is 6.69. The van der Waals surface area contributed by atoms with Crippen molar-refractivity contribution in [3.8, 4) is 0 Å². The van der Waals surface area contributed by atoms with E-state index in [1.807, 2.05) is 12.1 Å². The van der Waals surface area contributed by atoms with E-state index in [2.05, 4.69) is 19.2 Å². The largest absolute Gasteiger partial charge is 0.323 e. The highest BCUT2D eigenvalue weighted by atomic mass is 16.2. The third-order valence-corrected chi connectivity index (χ3v) is 3.65. The molecule has 1 N–H and O–H groups in total. The second kappa shape index (κ2) is 5.43. The van der Waals surface area contributed by atoms with E-state index in [0.29, 0.717) is 18.9 Å². The predicted molar refractivity (Wildman–Crippen MR) is 75.3 cm³/mol. The van der Waals surface area contributed by atoms with Crippen LogP contribution in [0.3, 0.4) is 0 Å². The van der Waals surface area contributed by atoms with Gasteiger partial charge in [0.1, 0.15) is 0 Å². The summed E-state index contributed by atoms with van der Waals surface area (Å²) in [6.07, 6.45) is 1.59. The molecule has 0 aromatic heterocycles. The van der Waals surface area contributed by atoms with Crippen LogP contribution in [0.4, 0.5) is 10.5 Å². The standard InChI is InChI=1S/C15H20N2O2/c1-4-10(2)7-14(18)11-5-6-13-12(8-11)9-17(3)15(19)16-13/h5-6,8,10H,4,7,9H2,1-3H3,(H,16,19). The maximum atomic E-state index is 12.1. The lowest BCUT2D eigenvalue weighted by Crippen LogP contribution is -2.35. The Morgan fingerprint density at radius 3 is 2.89 bits per heavy atom. The molecule has 2 amide bonds. The van der Waals surface area contributed by atoms with Gasteiger partial charge in [-0.2, -0.15) is 0 Å². The van der Waals surface area contributed by atoms with Crippen LogP contribution < -0.4 is 5.32 Å². The number of hydrogen-bond donors (Lipinski definition) is 1. The topological polar surface area (TPSA) is 49.4 Å². The average Bonchev–Trinajstić information content (AvgIpc) is 2.39. The number of hydrogen-bond acceptors (Lipinski definition) is 2. The van der Waals surface area contributed by atoms with E-state index >= 15 is 0 Å². The van der Waals surface area contributed by atoms with Gasteiger partial charge in [-0.15, -0.1) is 0 Å². The molecule has 1 atom stereocenters. The van der Waals surface area contributed by atoms with Crippen molar-refractivity contribution in [3.63, 3.8) is 0 Å². The molecule has 0 spiro atoms. The Labute approximate surface area is 113 Å². The first-order chi connectivity index (χ1) is 9.01. The molecule has 1 heterocycles. The summed E-state index contributed by atoms with van der Waals surface area (Å²) in [5.41, 5.74) is 2.55. The number of rotatable bonds is 4. The number of carbonyl (C=O) groups excluding carboxylic acids is 2. The number of benzene rings is 1. The van der Waals surface area contributed by atoms with Crippen LogP contribution in [0.1, 0.15) is 42.6 Å². The molecule has 0 aliphatic carbocycles. The van der Waals surface area contributed by atoms with Crippen LogP contribution in [0.2, 0.25) is 0 Å². The summed E-state index contributed by atoms with van der Waals surface area (Å²) in [6.45, 7) is 4.73. The third-order valence-electron chi connectivity index (χ3n) is 3.65. The first kappa shape index (κ1) is 13.6. The van der Waals surface area contributed by atoms with E-state index in [9.17, 15) is 9.59 Å². The number of nitrogens with one attached hydrogen (secondary N) is 1. The van der Waals surface area contributed by atoms with Crippen molar-refractivity contribution in [1.82, 2.24) is 4.90 Å². The summed E-state index contributed by atoms with van der Waals surface area (Å²) in [4.78, 5) is 25.3. The summed E-state index contributed by atoms with van der Waals surface area (Å²) >= 11 is 0. The SMILES string of the molecule is CCC(C)CC(=O)c1ccc2c(c1)CN(C)C(=O)N2. The number of fused-ring (bicyclic) bond motifs is 1. The van der Waals surface area contributed by atoms with Crippen LogP contribution in [0, 0.1) is 5.92 Å². The molecule has 2 rings (SSSR count). The van der Waals surface area contributed by atoms with Gasteiger partial charge in [0.2, 0.25) is 0 Å². The van der Waals surface area contributed by atoms with Gasteiger partial charge in [0.25, 0.3) is 0 Å². The number of carbonyl (C=O) groups is 2. The van der Waals surface area contributed by atoms with E-state index in [-0.39, 0.29) is 11.8 Å². The van der Waals surface area contributed by atoms with Crippen molar-refractivity contribution in [2.24, 2.45) is 5.92 Å². The van der Waals surface area contributed by atoms with Gasteiger partial charge in [0.05, 0.1) is 0 Å². The molecule has 1 aromatic carbocycles. The molecular weight excluding hydrogens is 240 g/mol. The van der Waals surface area contributed by atoms with Crippen molar-refractivity contribution in [2.75, 3.05) is 12.4 Å². The van der Waals surface area contributed by atoms with Gasteiger partial charge >= 0.3 is 6.03 Å². The predicted octanol–water partition coefficient (Wildman–Crippen LogP) is 3.28. The smallest absolute Gasteiger partial charge is 0.321 e. The van der Waals surface area contributed by atoms with Crippen LogP contribution in [0.5, 0.6) is 0 Å². The van der Waals surface area contributed by atoms with Crippen LogP contribution >= 0.6 is 0 Å². The van der Waals surface area contributed by atoms with Crippen LogP contribution in [0.15, 0.2) is 18.2 Å². The molecule has 0 radical (unpaired) electrons. The van der Waals surface area contributed by atoms with Gasteiger partial charge in [0.15, 0.2) is 5.78 Å². The second-order valence-corrected chi connectivity index (χ2v) is 5.30. The maximum absolute atomic E-state index is 12.1. The minimum atomic E-state index is -0.105. The number of Topliss-reactive ketones (excluding diaryl/α,β-unsaturated/α-hetero) is 1. The molecule has 0 bridgehead atoms. The van der Waals surface area contributed by atoms with E-state index in [4.69, 9.17) is 0 Å². The molecule has 102 valence electrons. The number of nitrogens with zero attached hydrogens (tertiary/aromatic N) is 1. The molecule has 1 aliphatic heterocycles. The fraction of sp³-hybridized carbons (Fsp3) is 0.467. The Hall–Kier alpha value is -1.84. The van der Waals surface area contributed by atoms with Crippen molar-refractivity contribution in [3.05, 3.63) is 29.3 Å². The zero-order valence-electron chi connectivity index (χ0n) is 11.7. The number of anilines is 1. The molecule has 1 aliphatic rings.